The molecule has 0 aliphatic heterocycles. The Morgan fingerprint density at radius 3 is 1.50 bits per heavy atom. The molecule has 0 unspecified atom stereocenters. The SMILES string of the molecule is C1=CC2C=CC=C3C4=CC=C5c6ccccc6C6=CC=C(C(=C1)C32)C4C65. The zero-order chi connectivity index (χ0) is 16.8. The van der Waals surface area contributed by atoms with Gasteiger partial charge in [0.2, 0.25) is 0 Å². The predicted octanol–water partition coefficient (Wildman–Crippen LogP) is 5.82. The first-order valence-corrected chi connectivity index (χ1v) is 9.62. The summed E-state index contributed by atoms with van der Waals surface area (Å²) >= 11 is 0. The van der Waals surface area contributed by atoms with E-state index < -0.39 is 0 Å². The maximum absolute atomic E-state index is 2.42. The van der Waals surface area contributed by atoms with E-state index in [0.717, 1.165) is 0 Å². The van der Waals surface area contributed by atoms with Crippen LogP contribution in [0.3, 0.4) is 0 Å². The quantitative estimate of drug-likeness (QED) is 0.562. The molecule has 0 heteroatoms. The van der Waals surface area contributed by atoms with E-state index in [0.29, 0.717) is 23.7 Å². The van der Waals surface area contributed by atoms with Crippen molar-refractivity contribution in [2.45, 2.75) is 0 Å². The van der Waals surface area contributed by atoms with Crippen LogP contribution in [-0.2, 0) is 0 Å². The highest BCUT2D eigenvalue weighted by atomic mass is 14.5. The summed E-state index contributed by atoms with van der Waals surface area (Å²) < 4.78 is 0. The summed E-state index contributed by atoms with van der Waals surface area (Å²) in [5, 5.41) is 0. The van der Waals surface area contributed by atoms with Crippen molar-refractivity contribution in [2.75, 3.05) is 0 Å². The lowest BCUT2D eigenvalue weighted by molar-refractivity contribution is 0.508. The van der Waals surface area contributed by atoms with Gasteiger partial charge in [-0.15, -0.1) is 0 Å². The largest absolute Gasteiger partial charge is 0.0767 e. The van der Waals surface area contributed by atoms with Gasteiger partial charge in [0.15, 0.2) is 0 Å². The molecule has 7 rings (SSSR count). The average molecular weight is 330 g/mol. The van der Waals surface area contributed by atoms with Gasteiger partial charge in [-0.2, -0.15) is 0 Å². The van der Waals surface area contributed by atoms with E-state index in [1.807, 2.05) is 0 Å². The number of benzene rings is 1. The topological polar surface area (TPSA) is 0 Å². The van der Waals surface area contributed by atoms with Crippen molar-refractivity contribution in [3.05, 3.63) is 118 Å². The van der Waals surface area contributed by atoms with E-state index in [1.165, 1.54) is 22.3 Å². The van der Waals surface area contributed by atoms with Crippen LogP contribution in [0.4, 0.5) is 0 Å². The average Bonchev–Trinajstić information content (AvgIpc) is 3.04. The second-order valence-electron chi connectivity index (χ2n) is 8.06. The Morgan fingerprint density at radius 2 is 0.923 bits per heavy atom. The molecule has 0 aromatic heterocycles. The molecule has 0 N–H and O–H groups in total. The summed E-state index contributed by atoms with van der Waals surface area (Å²) in [6, 6.07) is 8.95. The lowest BCUT2D eigenvalue weighted by atomic mass is 9.56. The zero-order valence-corrected chi connectivity index (χ0v) is 14.4. The molecule has 0 heterocycles. The predicted molar refractivity (Wildman–Crippen MR) is 107 cm³/mol. The minimum Gasteiger partial charge on any atom is -0.0767 e. The molecule has 1 saturated carbocycles. The van der Waals surface area contributed by atoms with Crippen molar-refractivity contribution in [1.29, 1.82) is 0 Å². The van der Waals surface area contributed by atoms with Crippen molar-refractivity contribution < 1.29 is 0 Å². The highest BCUT2D eigenvalue weighted by Crippen LogP contribution is 2.62. The van der Waals surface area contributed by atoms with Gasteiger partial charge in [-0.1, -0.05) is 85.0 Å². The second kappa shape index (κ2) is 4.45. The normalized spacial score (nSPS) is 33.7. The van der Waals surface area contributed by atoms with Gasteiger partial charge in [0.05, 0.1) is 0 Å². The summed E-state index contributed by atoms with van der Waals surface area (Å²) in [7, 11) is 0. The van der Waals surface area contributed by atoms with Crippen LogP contribution in [0.15, 0.2) is 107 Å². The lowest BCUT2D eigenvalue weighted by Crippen LogP contribution is -2.36. The molecular weight excluding hydrogens is 312 g/mol. The molecule has 0 bridgehead atoms. The van der Waals surface area contributed by atoms with E-state index in [-0.39, 0.29) is 0 Å². The van der Waals surface area contributed by atoms with Gasteiger partial charge in [-0.05, 0) is 44.6 Å². The third-order valence-corrected chi connectivity index (χ3v) is 7.05. The summed E-state index contributed by atoms with van der Waals surface area (Å²) in [5.74, 6) is 1.99. The highest BCUT2D eigenvalue weighted by molar-refractivity contribution is 5.99. The van der Waals surface area contributed by atoms with Gasteiger partial charge in [-0.3, -0.25) is 0 Å². The first-order chi connectivity index (χ1) is 12.9. The van der Waals surface area contributed by atoms with Gasteiger partial charge in [-0.25, -0.2) is 0 Å². The summed E-state index contributed by atoms with van der Waals surface area (Å²) in [4.78, 5) is 0. The molecule has 122 valence electrons. The van der Waals surface area contributed by atoms with Crippen LogP contribution in [0, 0.1) is 23.7 Å². The molecule has 0 spiro atoms. The third-order valence-electron chi connectivity index (χ3n) is 7.05. The van der Waals surface area contributed by atoms with Crippen molar-refractivity contribution in [1.82, 2.24) is 0 Å². The Bertz CT molecular complexity index is 1050. The fourth-order valence-corrected chi connectivity index (χ4v) is 6.08. The van der Waals surface area contributed by atoms with E-state index in [9.17, 15) is 0 Å². The van der Waals surface area contributed by atoms with Gasteiger partial charge in [0, 0.05) is 23.7 Å². The molecule has 26 heavy (non-hydrogen) atoms. The Kier molecular flexibility index (Phi) is 2.29. The molecule has 6 aliphatic carbocycles. The number of hydrogen-bond donors (Lipinski definition) is 0. The highest BCUT2D eigenvalue weighted by Gasteiger charge is 2.49. The molecule has 0 radical (unpaired) electrons. The summed E-state index contributed by atoms with van der Waals surface area (Å²) in [6.45, 7) is 0. The Balaban J connectivity index is 1.55. The second-order valence-corrected chi connectivity index (χ2v) is 8.06. The third kappa shape index (κ3) is 1.40. The fraction of sp³-hybridized carbons (Fsp3) is 0.154. The minimum absolute atomic E-state index is 0.481. The van der Waals surface area contributed by atoms with Gasteiger partial charge in [0.1, 0.15) is 0 Å². The van der Waals surface area contributed by atoms with Gasteiger partial charge < -0.3 is 0 Å². The van der Waals surface area contributed by atoms with E-state index >= 15 is 0 Å². The molecular formula is C26H18. The summed E-state index contributed by atoms with van der Waals surface area (Å²) in [5.41, 5.74) is 12.1. The molecule has 0 atom stereocenters. The van der Waals surface area contributed by atoms with E-state index in [4.69, 9.17) is 0 Å². The Morgan fingerprint density at radius 1 is 0.462 bits per heavy atom. The fourth-order valence-electron chi connectivity index (χ4n) is 6.08. The molecule has 0 nitrogen and oxygen atoms in total. The maximum atomic E-state index is 2.42. The number of allylic oxidation sites excluding steroid dienone is 16. The van der Waals surface area contributed by atoms with E-state index in [2.05, 4.69) is 85.0 Å². The van der Waals surface area contributed by atoms with Crippen LogP contribution >= 0.6 is 0 Å². The Labute approximate surface area is 153 Å². The van der Waals surface area contributed by atoms with Crippen molar-refractivity contribution in [3.8, 4) is 0 Å². The van der Waals surface area contributed by atoms with Crippen LogP contribution in [-0.4, -0.2) is 0 Å². The van der Waals surface area contributed by atoms with Crippen molar-refractivity contribution in [3.63, 3.8) is 0 Å². The maximum Gasteiger partial charge on any atom is 0.0211 e. The first kappa shape index (κ1) is 13.4. The standard InChI is InChI=1S/C26H18/c1-2-8-17-16(7-1)20-11-13-22-18-9-3-5-15-6-4-10-19(24(15)18)23-14-12-21(17)25(20)26(22)23/h1-15,24-26H. The number of fused-ring (bicyclic) bond motifs is 5. The van der Waals surface area contributed by atoms with Crippen LogP contribution in [0.1, 0.15) is 11.1 Å². The zero-order valence-electron chi connectivity index (χ0n) is 14.4. The van der Waals surface area contributed by atoms with E-state index in [1.54, 1.807) is 22.3 Å². The molecule has 1 fully saturated rings. The van der Waals surface area contributed by atoms with Gasteiger partial charge >= 0.3 is 0 Å². The Hall–Kier alpha value is -2.86. The number of rotatable bonds is 0. The molecule has 1 aromatic carbocycles. The minimum atomic E-state index is 0.481. The van der Waals surface area contributed by atoms with Crippen LogP contribution in [0.25, 0.3) is 11.1 Å². The molecule has 1 aromatic rings. The smallest absolute Gasteiger partial charge is 0.0211 e. The summed E-state index contributed by atoms with van der Waals surface area (Å²) in [6.07, 6.45) is 23.6. The van der Waals surface area contributed by atoms with Crippen LogP contribution in [0.2, 0.25) is 0 Å². The number of hydrogen-bond acceptors (Lipinski definition) is 0. The lowest BCUT2D eigenvalue weighted by Gasteiger charge is -2.47. The monoisotopic (exact) mass is 330 g/mol. The molecule has 0 saturated heterocycles. The van der Waals surface area contributed by atoms with Crippen molar-refractivity contribution >= 4 is 11.1 Å². The molecule has 6 aliphatic rings. The van der Waals surface area contributed by atoms with Crippen molar-refractivity contribution in [2.24, 2.45) is 23.7 Å². The first-order valence-electron chi connectivity index (χ1n) is 9.62. The van der Waals surface area contributed by atoms with Crippen LogP contribution in [0.5, 0.6) is 0 Å². The molecule has 0 amide bonds. The van der Waals surface area contributed by atoms with Gasteiger partial charge in [0.25, 0.3) is 0 Å². The van der Waals surface area contributed by atoms with Crippen LogP contribution < -0.4 is 0 Å².